The lowest BCUT2D eigenvalue weighted by molar-refractivity contribution is 0.0934. The minimum absolute atomic E-state index is 0.0267. The molecule has 1 amide bonds. The molecule has 0 aliphatic carbocycles. The summed E-state index contributed by atoms with van der Waals surface area (Å²) in [5.74, 6) is 0.0738. The first-order chi connectivity index (χ1) is 14.4. The van der Waals surface area contributed by atoms with Crippen molar-refractivity contribution in [3.05, 3.63) is 59.4 Å². The Morgan fingerprint density at radius 1 is 1.20 bits per heavy atom. The molecule has 160 valence electrons. The molecule has 1 saturated heterocycles. The minimum Gasteiger partial charge on any atom is -0.377 e. The third-order valence-corrected chi connectivity index (χ3v) is 7.79. The van der Waals surface area contributed by atoms with Crippen LogP contribution in [0, 0.1) is 5.82 Å². The van der Waals surface area contributed by atoms with Gasteiger partial charge in [-0.1, -0.05) is 6.07 Å². The highest BCUT2D eigenvalue weighted by atomic mass is 32.2. The predicted octanol–water partition coefficient (Wildman–Crippen LogP) is 3.25. The first kappa shape index (κ1) is 21.3. The summed E-state index contributed by atoms with van der Waals surface area (Å²) in [5, 5.41) is 2.92. The Morgan fingerprint density at radius 3 is 2.87 bits per heavy atom. The van der Waals surface area contributed by atoms with E-state index in [1.807, 2.05) is 0 Å². The van der Waals surface area contributed by atoms with Crippen LogP contribution in [-0.4, -0.2) is 39.3 Å². The van der Waals surface area contributed by atoms with Gasteiger partial charge in [-0.15, -0.1) is 11.8 Å². The summed E-state index contributed by atoms with van der Waals surface area (Å²) in [4.78, 5) is 13.8. The molecule has 0 bridgehead atoms. The number of rotatable bonds is 6. The van der Waals surface area contributed by atoms with E-state index in [2.05, 4.69) is 10.0 Å². The molecule has 0 radical (unpaired) electrons. The number of carbonyl (C=O) groups is 1. The standard InChI is InChI=1S/C21H23FN2O4S2/c22-15-6-7-20-18(12-15)19(8-10-29-20)24-21(25)14-3-1-5-17(11-14)30(26,27)23-13-16-4-2-9-28-16/h1,3,5-7,11-12,16,19,23H,2,4,8-10,13H2,(H,24,25)/t16-,19+/m0/s1. The third-order valence-electron chi connectivity index (χ3n) is 5.25. The van der Waals surface area contributed by atoms with Gasteiger partial charge in [-0.25, -0.2) is 17.5 Å². The molecular weight excluding hydrogens is 427 g/mol. The maximum atomic E-state index is 13.7. The van der Waals surface area contributed by atoms with Crippen molar-refractivity contribution in [2.24, 2.45) is 0 Å². The molecule has 2 N–H and O–H groups in total. The van der Waals surface area contributed by atoms with Gasteiger partial charge in [-0.3, -0.25) is 4.79 Å². The largest absolute Gasteiger partial charge is 0.377 e. The summed E-state index contributed by atoms with van der Waals surface area (Å²) in [7, 11) is -3.75. The average molecular weight is 451 g/mol. The molecule has 2 atom stereocenters. The second-order valence-electron chi connectivity index (χ2n) is 7.36. The second kappa shape index (κ2) is 9.05. The number of fused-ring (bicyclic) bond motifs is 1. The highest BCUT2D eigenvalue weighted by Crippen LogP contribution is 2.36. The van der Waals surface area contributed by atoms with Crippen molar-refractivity contribution in [3.63, 3.8) is 0 Å². The topological polar surface area (TPSA) is 84.5 Å². The summed E-state index contributed by atoms with van der Waals surface area (Å²) >= 11 is 1.63. The lowest BCUT2D eigenvalue weighted by atomic mass is 10.0. The zero-order chi connectivity index (χ0) is 21.1. The first-order valence-electron chi connectivity index (χ1n) is 9.87. The number of benzene rings is 2. The fraction of sp³-hybridized carbons (Fsp3) is 0.381. The van der Waals surface area contributed by atoms with E-state index in [1.165, 1.54) is 24.3 Å². The van der Waals surface area contributed by atoms with Crippen LogP contribution in [0.2, 0.25) is 0 Å². The van der Waals surface area contributed by atoms with E-state index in [-0.39, 0.29) is 35.0 Å². The Morgan fingerprint density at radius 2 is 2.07 bits per heavy atom. The summed E-state index contributed by atoms with van der Waals surface area (Å²) in [5.41, 5.74) is 0.993. The normalized spacial score (nSPS) is 21.2. The van der Waals surface area contributed by atoms with Crippen molar-refractivity contribution in [2.45, 2.75) is 41.2 Å². The van der Waals surface area contributed by atoms with Gasteiger partial charge in [0, 0.05) is 29.4 Å². The van der Waals surface area contributed by atoms with Gasteiger partial charge in [-0.2, -0.15) is 0 Å². The van der Waals surface area contributed by atoms with Crippen LogP contribution in [0.1, 0.15) is 41.2 Å². The lowest BCUT2D eigenvalue weighted by Crippen LogP contribution is -2.32. The van der Waals surface area contributed by atoms with Crippen molar-refractivity contribution in [3.8, 4) is 0 Å². The van der Waals surface area contributed by atoms with E-state index in [4.69, 9.17) is 4.74 Å². The van der Waals surface area contributed by atoms with E-state index in [0.29, 0.717) is 13.0 Å². The first-order valence-corrected chi connectivity index (χ1v) is 12.3. The summed E-state index contributed by atoms with van der Waals surface area (Å²) in [6.45, 7) is 0.857. The van der Waals surface area contributed by atoms with Gasteiger partial charge in [0.25, 0.3) is 5.91 Å². The Bertz CT molecular complexity index is 1040. The molecule has 30 heavy (non-hydrogen) atoms. The number of amides is 1. The van der Waals surface area contributed by atoms with Crippen molar-refractivity contribution in [1.82, 2.24) is 10.0 Å². The minimum atomic E-state index is -3.75. The van der Waals surface area contributed by atoms with E-state index in [9.17, 15) is 17.6 Å². The van der Waals surface area contributed by atoms with Crippen LogP contribution >= 0.6 is 11.8 Å². The number of hydrogen-bond acceptors (Lipinski definition) is 5. The van der Waals surface area contributed by atoms with E-state index in [0.717, 1.165) is 29.1 Å². The number of halogens is 1. The Hall–Kier alpha value is -1.94. The number of ether oxygens (including phenoxy) is 1. The van der Waals surface area contributed by atoms with E-state index in [1.54, 1.807) is 30.0 Å². The summed E-state index contributed by atoms with van der Waals surface area (Å²) in [6, 6.07) is 10.2. The van der Waals surface area contributed by atoms with Crippen LogP contribution in [-0.2, 0) is 14.8 Å². The van der Waals surface area contributed by atoms with Gasteiger partial charge in [0.1, 0.15) is 5.82 Å². The molecule has 2 aliphatic rings. The molecule has 2 aliphatic heterocycles. The van der Waals surface area contributed by atoms with Crippen molar-refractivity contribution < 1.29 is 22.3 Å². The maximum absolute atomic E-state index is 13.7. The highest BCUT2D eigenvalue weighted by Gasteiger charge is 2.25. The molecule has 2 heterocycles. The Labute approximate surface area is 179 Å². The molecule has 9 heteroatoms. The SMILES string of the molecule is O=C(N[C@@H]1CCSc2ccc(F)cc21)c1cccc(S(=O)(=O)NC[C@@H]2CCCO2)c1. The smallest absolute Gasteiger partial charge is 0.251 e. The average Bonchev–Trinajstić information content (AvgIpc) is 3.27. The summed E-state index contributed by atoms with van der Waals surface area (Å²) < 4.78 is 46.9. The van der Waals surface area contributed by atoms with E-state index < -0.39 is 15.9 Å². The van der Waals surface area contributed by atoms with Crippen LogP contribution < -0.4 is 10.0 Å². The number of sulfonamides is 1. The van der Waals surface area contributed by atoms with Gasteiger partial charge >= 0.3 is 0 Å². The van der Waals surface area contributed by atoms with Crippen LogP contribution in [0.15, 0.2) is 52.3 Å². The molecule has 2 aromatic carbocycles. The lowest BCUT2D eigenvalue weighted by Gasteiger charge is -2.26. The number of hydrogen-bond donors (Lipinski definition) is 2. The van der Waals surface area contributed by atoms with Crippen LogP contribution in [0.25, 0.3) is 0 Å². The van der Waals surface area contributed by atoms with Gasteiger partial charge in [0.2, 0.25) is 10.0 Å². The molecular formula is C21H23FN2O4S2. The molecule has 0 saturated carbocycles. The molecule has 0 unspecified atom stereocenters. The van der Waals surface area contributed by atoms with Gasteiger partial charge in [-0.05, 0) is 61.2 Å². The zero-order valence-corrected chi connectivity index (χ0v) is 17.9. The molecule has 0 aromatic heterocycles. The number of nitrogens with one attached hydrogen (secondary N) is 2. The fourth-order valence-electron chi connectivity index (χ4n) is 3.65. The van der Waals surface area contributed by atoms with Gasteiger partial charge in [0.05, 0.1) is 17.0 Å². The second-order valence-corrected chi connectivity index (χ2v) is 10.3. The maximum Gasteiger partial charge on any atom is 0.251 e. The quantitative estimate of drug-likeness (QED) is 0.706. The molecule has 1 fully saturated rings. The molecule has 6 nitrogen and oxygen atoms in total. The Balaban J connectivity index is 1.47. The van der Waals surface area contributed by atoms with Gasteiger partial charge in [0.15, 0.2) is 0 Å². The number of carbonyl (C=O) groups excluding carboxylic acids is 1. The fourth-order valence-corrected chi connectivity index (χ4v) is 5.87. The van der Waals surface area contributed by atoms with Crippen LogP contribution in [0.4, 0.5) is 4.39 Å². The predicted molar refractivity (Wildman–Crippen MR) is 113 cm³/mol. The van der Waals surface area contributed by atoms with Crippen molar-refractivity contribution in [2.75, 3.05) is 18.9 Å². The monoisotopic (exact) mass is 450 g/mol. The van der Waals surface area contributed by atoms with Crippen LogP contribution in [0.5, 0.6) is 0 Å². The Kier molecular flexibility index (Phi) is 6.43. The molecule has 2 aromatic rings. The summed E-state index contributed by atoms with van der Waals surface area (Å²) in [6.07, 6.45) is 2.31. The van der Waals surface area contributed by atoms with Crippen molar-refractivity contribution >= 4 is 27.7 Å². The molecule has 0 spiro atoms. The van der Waals surface area contributed by atoms with Gasteiger partial charge < -0.3 is 10.1 Å². The van der Waals surface area contributed by atoms with E-state index >= 15 is 0 Å². The molecule has 4 rings (SSSR count). The zero-order valence-electron chi connectivity index (χ0n) is 16.3. The third kappa shape index (κ3) is 4.85. The highest BCUT2D eigenvalue weighted by molar-refractivity contribution is 7.99. The van der Waals surface area contributed by atoms with Crippen LogP contribution in [0.3, 0.4) is 0 Å². The van der Waals surface area contributed by atoms with Crippen molar-refractivity contribution in [1.29, 1.82) is 0 Å². The number of thioether (sulfide) groups is 1.